The number of hydrogen-bond donors (Lipinski definition) is 0. The minimum absolute atomic E-state index is 0.0477. The van der Waals surface area contributed by atoms with E-state index in [1.54, 1.807) is 0 Å². The summed E-state index contributed by atoms with van der Waals surface area (Å²) >= 11 is 0. The zero-order valence-electron chi connectivity index (χ0n) is 12.1. The van der Waals surface area contributed by atoms with Gasteiger partial charge in [-0.25, -0.2) is 4.39 Å². The van der Waals surface area contributed by atoms with Crippen LogP contribution in [0.3, 0.4) is 0 Å². The topological polar surface area (TPSA) is 17.1 Å². The highest BCUT2D eigenvalue weighted by Crippen LogP contribution is 2.39. The van der Waals surface area contributed by atoms with E-state index in [0.29, 0.717) is 18.9 Å². The second kappa shape index (κ2) is 5.43. The number of alkyl halides is 3. The highest BCUT2D eigenvalue weighted by atomic mass is 19.4. The predicted octanol–water partition coefficient (Wildman–Crippen LogP) is 5.24. The van der Waals surface area contributed by atoms with E-state index in [1.165, 1.54) is 0 Å². The number of carbonyl (C=O) groups excluding carboxylic acids is 1. The molecule has 116 valence electrons. The van der Waals surface area contributed by atoms with Gasteiger partial charge in [0.05, 0.1) is 5.56 Å². The molecular formula is C16H18F4O. The first-order valence-corrected chi connectivity index (χ1v) is 7.01. The van der Waals surface area contributed by atoms with Gasteiger partial charge in [-0.3, -0.25) is 4.79 Å². The maximum absolute atomic E-state index is 13.2. The van der Waals surface area contributed by atoms with E-state index < -0.39 is 17.6 Å². The van der Waals surface area contributed by atoms with Gasteiger partial charge >= 0.3 is 6.18 Å². The van der Waals surface area contributed by atoms with E-state index >= 15 is 0 Å². The molecule has 0 spiro atoms. The van der Waals surface area contributed by atoms with Crippen LogP contribution >= 0.6 is 0 Å². The Balaban J connectivity index is 2.21. The van der Waals surface area contributed by atoms with E-state index in [-0.39, 0.29) is 22.7 Å². The molecule has 5 heteroatoms. The Hall–Kier alpha value is -1.39. The Morgan fingerprint density at radius 2 is 1.76 bits per heavy atom. The number of ketones is 1. The molecule has 0 unspecified atom stereocenters. The lowest BCUT2D eigenvalue weighted by molar-refractivity contribution is -0.140. The second-order valence-electron chi connectivity index (χ2n) is 6.50. The van der Waals surface area contributed by atoms with Gasteiger partial charge in [0.25, 0.3) is 0 Å². The molecule has 0 heterocycles. The molecule has 1 aromatic carbocycles. The Kier molecular flexibility index (Phi) is 4.13. The SMILES string of the molecule is CC1(C)CCC(C(=O)c2ccc(F)c(C(F)(F)F)c2)CC1. The summed E-state index contributed by atoms with van der Waals surface area (Å²) in [4.78, 5) is 12.3. The summed E-state index contributed by atoms with van der Waals surface area (Å²) in [6.45, 7) is 4.24. The van der Waals surface area contributed by atoms with Gasteiger partial charge in [0.1, 0.15) is 5.82 Å². The van der Waals surface area contributed by atoms with Crippen molar-refractivity contribution in [3.63, 3.8) is 0 Å². The summed E-state index contributed by atoms with van der Waals surface area (Å²) in [5.41, 5.74) is -1.24. The highest BCUT2D eigenvalue weighted by Gasteiger charge is 2.36. The molecule has 0 aliphatic heterocycles. The number of carbonyl (C=O) groups is 1. The van der Waals surface area contributed by atoms with Crippen LogP contribution in [0.2, 0.25) is 0 Å². The van der Waals surface area contributed by atoms with Crippen LogP contribution in [0, 0.1) is 17.2 Å². The number of benzene rings is 1. The third-order valence-corrected chi connectivity index (χ3v) is 4.27. The smallest absolute Gasteiger partial charge is 0.294 e. The number of hydrogen-bond acceptors (Lipinski definition) is 1. The van der Waals surface area contributed by atoms with Gasteiger partial charge in [0, 0.05) is 11.5 Å². The molecule has 0 saturated heterocycles. The Morgan fingerprint density at radius 1 is 1.19 bits per heavy atom. The van der Waals surface area contributed by atoms with Gasteiger partial charge in [-0.05, 0) is 49.3 Å². The molecule has 0 bridgehead atoms. The van der Waals surface area contributed by atoms with Gasteiger partial charge in [0.2, 0.25) is 0 Å². The summed E-state index contributed by atoms with van der Waals surface area (Å²) in [6.07, 6.45) is -1.70. The van der Waals surface area contributed by atoms with Crippen molar-refractivity contribution in [2.75, 3.05) is 0 Å². The Bertz CT molecular complexity index is 536. The van der Waals surface area contributed by atoms with Crippen LogP contribution in [0.1, 0.15) is 55.5 Å². The molecule has 1 nitrogen and oxygen atoms in total. The van der Waals surface area contributed by atoms with E-state index in [9.17, 15) is 22.4 Å². The van der Waals surface area contributed by atoms with Gasteiger partial charge in [0.15, 0.2) is 5.78 Å². The van der Waals surface area contributed by atoms with Crippen LogP contribution in [0.15, 0.2) is 18.2 Å². The normalized spacial score (nSPS) is 19.5. The van der Waals surface area contributed by atoms with Crippen LogP contribution in [0.4, 0.5) is 17.6 Å². The molecule has 21 heavy (non-hydrogen) atoms. The van der Waals surface area contributed by atoms with Crippen LogP contribution in [-0.2, 0) is 6.18 Å². The molecule has 0 amide bonds. The van der Waals surface area contributed by atoms with Gasteiger partial charge in [-0.2, -0.15) is 13.2 Å². The van der Waals surface area contributed by atoms with Crippen molar-refractivity contribution in [1.82, 2.24) is 0 Å². The molecule has 1 aliphatic rings. The van der Waals surface area contributed by atoms with E-state index in [4.69, 9.17) is 0 Å². The summed E-state index contributed by atoms with van der Waals surface area (Å²) in [5.74, 6) is -1.91. The lowest BCUT2D eigenvalue weighted by Gasteiger charge is -2.33. The third-order valence-electron chi connectivity index (χ3n) is 4.27. The Morgan fingerprint density at radius 3 is 2.29 bits per heavy atom. The number of Topliss-reactive ketones (excluding diaryl/α,β-unsaturated/α-hetero) is 1. The molecule has 1 aromatic rings. The van der Waals surface area contributed by atoms with Gasteiger partial charge < -0.3 is 0 Å². The molecule has 0 atom stereocenters. The van der Waals surface area contributed by atoms with Gasteiger partial charge in [-0.1, -0.05) is 13.8 Å². The van der Waals surface area contributed by atoms with Crippen molar-refractivity contribution in [2.24, 2.45) is 11.3 Å². The average Bonchev–Trinajstić information content (AvgIpc) is 2.37. The lowest BCUT2D eigenvalue weighted by atomic mass is 9.71. The lowest BCUT2D eigenvalue weighted by Crippen LogP contribution is -2.26. The fraction of sp³-hybridized carbons (Fsp3) is 0.562. The minimum atomic E-state index is -4.78. The summed E-state index contributed by atoms with van der Waals surface area (Å²) in [6, 6.07) is 2.51. The molecule has 0 radical (unpaired) electrons. The van der Waals surface area contributed by atoms with E-state index in [2.05, 4.69) is 13.8 Å². The molecule has 1 aliphatic carbocycles. The van der Waals surface area contributed by atoms with Crippen molar-refractivity contribution < 1.29 is 22.4 Å². The number of halogens is 4. The van der Waals surface area contributed by atoms with Crippen molar-refractivity contribution in [2.45, 2.75) is 45.7 Å². The van der Waals surface area contributed by atoms with Crippen molar-refractivity contribution in [1.29, 1.82) is 0 Å². The quantitative estimate of drug-likeness (QED) is 0.539. The first kappa shape index (κ1) is 16.0. The van der Waals surface area contributed by atoms with Crippen LogP contribution in [-0.4, -0.2) is 5.78 Å². The monoisotopic (exact) mass is 302 g/mol. The fourth-order valence-corrected chi connectivity index (χ4v) is 2.79. The van der Waals surface area contributed by atoms with E-state index in [0.717, 1.165) is 25.0 Å². The fourth-order valence-electron chi connectivity index (χ4n) is 2.79. The van der Waals surface area contributed by atoms with Crippen LogP contribution < -0.4 is 0 Å². The molecular weight excluding hydrogens is 284 g/mol. The zero-order chi connectivity index (χ0) is 15.8. The van der Waals surface area contributed by atoms with Gasteiger partial charge in [-0.15, -0.1) is 0 Å². The highest BCUT2D eigenvalue weighted by molar-refractivity contribution is 5.98. The maximum atomic E-state index is 13.2. The molecule has 0 N–H and O–H groups in total. The van der Waals surface area contributed by atoms with E-state index in [1.807, 2.05) is 0 Å². The van der Waals surface area contributed by atoms with Crippen molar-refractivity contribution >= 4 is 5.78 Å². The van der Waals surface area contributed by atoms with Crippen molar-refractivity contribution in [3.8, 4) is 0 Å². The molecule has 1 fully saturated rings. The first-order valence-electron chi connectivity index (χ1n) is 7.01. The minimum Gasteiger partial charge on any atom is -0.294 e. The Labute approximate surface area is 121 Å². The third kappa shape index (κ3) is 3.63. The average molecular weight is 302 g/mol. The van der Waals surface area contributed by atoms with Crippen LogP contribution in [0.25, 0.3) is 0 Å². The predicted molar refractivity (Wildman–Crippen MR) is 71.5 cm³/mol. The van der Waals surface area contributed by atoms with Crippen LogP contribution in [0.5, 0.6) is 0 Å². The maximum Gasteiger partial charge on any atom is 0.419 e. The van der Waals surface area contributed by atoms with Crippen molar-refractivity contribution in [3.05, 3.63) is 35.1 Å². The second-order valence-corrected chi connectivity index (χ2v) is 6.50. The molecule has 1 saturated carbocycles. The summed E-state index contributed by atoms with van der Waals surface area (Å²) in [7, 11) is 0. The zero-order valence-corrected chi connectivity index (χ0v) is 12.1. The molecule has 0 aromatic heterocycles. The summed E-state index contributed by atoms with van der Waals surface area (Å²) in [5, 5.41) is 0. The molecule has 2 rings (SSSR count). The largest absolute Gasteiger partial charge is 0.419 e. The first-order chi connectivity index (χ1) is 9.60. The summed E-state index contributed by atoms with van der Waals surface area (Å²) < 4.78 is 51.3. The number of rotatable bonds is 2. The standard InChI is InChI=1S/C16H18F4O/c1-15(2)7-5-10(6-8-15)14(21)11-3-4-13(17)12(9-11)16(18,19)20/h3-4,9-10H,5-8H2,1-2H3.